The number of nitrogens with one attached hydrogen (secondary N) is 1. The zero-order chi connectivity index (χ0) is 15.0. The van der Waals surface area contributed by atoms with Crippen molar-refractivity contribution < 1.29 is 17.6 Å². The maximum atomic E-state index is 14.6. The van der Waals surface area contributed by atoms with E-state index in [1.807, 2.05) is 0 Å². The number of piperidine rings is 1. The summed E-state index contributed by atoms with van der Waals surface area (Å²) in [6, 6.07) is 0. The van der Waals surface area contributed by atoms with Crippen LogP contribution in [0.2, 0.25) is 0 Å². The van der Waals surface area contributed by atoms with Crippen LogP contribution in [0, 0.1) is 5.92 Å². The molecule has 0 atom stereocenters. The van der Waals surface area contributed by atoms with E-state index in [2.05, 4.69) is 5.32 Å². The minimum atomic E-state index is -3.36. The predicted molar refractivity (Wildman–Crippen MR) is 74.4 cm³/mol. The fraction of sp³-hybridized carbons (Fsp3) is 0.923. The molecule has 0 radical (unpaired) electrons. The molecule has 7 heteroatoms. The molecule has 1 aliphatic heterocycles. The van der Waals surface area contributed by atoms with Crippen molar-refractivity contribution in [2.45, 2.75) is 50.4 Å². The van der Waals surface area contributed by atoms with Crippen molar-refractivity contribution in [2.75, 3.05) is 19.6 Å². The van der Waals surface area contributed by atoms with Crippen LogP contribution in [0.25, 0.3) is 0 Å². The molecule has 2 rings (SSSR count). The fourth-order valence-corrected chi connectivity index (χ4v) is 3.63. The second kappa shape index (κ2) is 5.60. The monoisotopic (exact) mass is 306 g/mol. The molecule has 0 aromatic heterocycles. The standard InChI is InChI=1S/C13H23FN2O3S/c1-10(2)20(18,19)16-7-5-13(14,6-8-16)12(17)15-9-11-3-4-11/h10-11H,3-9H2,1-2H3,(H,15,17). The van der Waals surface area contributed by atoms with Crippen LogP contribution in [-0.4, -0.2) is 49.2 Å². The van der Waals surface area contributed by atoms with Crippen LogP contribution < -0.4 is 5.32 Å². The first-order valence-corrected chi connectivity index (χ1v) is 8.72. The minimum Gasteiger partial charge on any atom is -0.353 e. The lowest BCUT2D eigenvalue weighted by Crippen LogP contribution is -2.53. The van der Waals surface area contributed by atoms with Crippen molar-refractivity contribution in [2.24, 2.45) is 5.92 Å². The molecule has 0 spiro atoms. The quantitative estimate of drug-likeness (QED) is 0.826. The highest BCUT2D eigenvalue weighted by Gasteiger charge is 2.44. The number of alkyl halides is 1. The Labute approximate surface area is 120 Å². The van der Waals surface area contributed by atoms with Gasteiger partial charge in [0.2, 0.25) is 10.0 Å². The van der Waals surface area contributed by atoms with Gasteiger partial charge in [0, 0.05) is 32.5 Å². The van der Waals surface area contributed by atoms with Crippen molar-refractivity contribution in [3.63, 3.8) is 0 Å². The Morgan fingerprint density at radius 3 is 2.35 bits per heavy atom. The zero-order valence-corrected chi connectivity index (χ0v) is 12.9. The molecule has 0 aromatic carbocycles. The molecule has 1 amide bonds. The van der Waals surface area contributed by atoms with Crippen molar-refractivity contribution in [3.8, 4) is 0 Å². The summed E-state index contributed by atoms with van der Waals surface area (Å²) in [7, 11) is -3.36. The van der Waals surface area contributed by atoms with Gasteiger partial charge in [-0.05, 0) is 32.6 Å². The molecule has 20 heavy (non-hydrogen) atoms. The highest BCUT2D eigenvalue weighted by Crippen LogP contribution is 2.31. The van der Waals surface area contributed by atoms with Gasteiger partial charge in [0.25, 0.3) is 5.91 Å². The number of hydrogen-bond donors (Lipinski definition) is 1. The van der Waals surface area contributed by atoms with Gasteiger partial charge in [0.05, 0.1) is 5.25 Å². The molecule has 2 aliphatic rings. The SMILES string of the molecule is CC(C)S(=O)(=O)N1CCC(F)(C(=O)NCC2CC2)CC1. The molecular weight excluding hydrogens is 283 g/mol. The number of hydrogen-bond acceptors (Lipinski definition) is 3. The zero-order valence-electron chi connectivity index (χ0n) is 12.1. The van der Waals surface area contributed by atoms with Crippen LogP contribution in [0.5, 0.6) is 0 Å². The van der Waals surface area contributed by atoms with E-state index in [-0.39, 0.29) is 25.9 Å². The molecule has 5 nitrogen and oxygen atoms in total. The van der Waals surface area contributed by atoms with E-state index in [0.717, 1.165) is 12.8 Å². The molecule has 2 fully saturated rings. The molecule has 1 saturated carbocycles. The molecule has 1 heterocycles. The number of amides is 1. The first-order valence-electron chi connectivity index (χ1n) is 7.22. The molecule has 0 unspecified atom stereocenters. The number of carbonyl (C=O) groups is 1. The van der Waals surface area contributed by atoms with Gasteiger partial charge in [0.15, 0.2) is 5.67 Å². The van der Waals surface area contributed by atoms with Gasteiger partial charge in [-0.3, -0.25) is 4.79 Å². The van der Waals surface area contributed by atoms with Gasteiger partial charge >= 0.3 is 0 Å². The van der Waals surface area contributed by atoms with Gasteiger partial charge in [-0.25, -0.2) is 17.1 Å². The fourth-order valence-electron chi connectivity index (χ4n) is 2.34. The second-order valence-corrected chi connectivity index (χ2v) is 8.60. The number of rotatable bonds is 5. The third-order valence-electron chi connectivity index (χ3n) is 4.13. The summed E-state index contributed by atoms with van der Waals surface area (Å²) >= 11 is 0. The molecule has 1 N–H and O–H groups in total. The highest BCUT2D eigenvalue weighted by molar-refractivity contribution is 7.89. The van der Waals surface area contributed by atoms with E-state index in [0.29, 0.717) is 12.5 Å². The normalized spacial score (nSPS) is 23.8. The predicted octanol–water partition coefficient (Wildman–Crippen LogP) is 1.05. The second-order valence-electron chi connectivity index (χ2n) is 6.11. The van der Waals surface area contributed by atoms with E-state index in [1.54, 1.807) is 13.8 Å². The van der Waals surface area contributed by atoms with Crippen LogP contribution in [0.3, 0.4) is 0 Å². The topological polar surface area (TPSA) is 66.5 Å². The van der Waals surface area contributed by atoms with Crippen LogP contribution >= 0.6 is 0 Å². The summed E-state index contributed by atoms with van der Waals surface area (Å²) in [4.78, 5) is 11.9. The summed E-state index contributed by atoms with van der Waals surface area (Å²) in [5.74, 6) is -0.0741. The van der Waals surface area contributed by atoms with Crippen LogP contribution in [-0.2, 0) is 14.8 Å². The third-order valence-corrected chi connectivity index (χ3v) is 6.40. The maximum absolute atomic E-state index is 14.6. The van der Waals surface area contributed by atoms with Gasteiger partial charge < -0.3 is 5.32 Å². The highest BCUT2D eigenvalue weighted by atomic mass is 32.2. The van der Waals surface area contributed by atoms with E-state index >= 15 is 0 Å². The van der Waals surface area contributed by atoms with E-state index in [1.165, 1.54) is 4.31 Å². The summed E-state index contributed by atoms with van der Waals surface area (Å²) in [5.41, 5.74) is -1.92. The Morgan fingerprint density at radius 1 is 1.35 bits per heavy atom. The summed E-state index contributed by atoms with van der Waals surface area (Å²) < 4.78 is 39.8. The van der Waals surface area contributed by atoms with Gasteiger partial charge in [-0.1, -0.05) is 0 Å². The molecule has 116 valence electrons. The molecule has 0 bridgehead atoms. The Morgan fingerprint density at radius 2 is 1.90 bits per heavy atom. The van der Waals surface area contributed by atoms with Crippen LogP contribution in [0.4, 0.5) is 4.39 Å². The lowest BCUT2D eigenvalue weighted by atomic mass is 9.93. The van der Waals surface area contributed by atoms with Crippen molar-refractivity contribution >= 4 is 15.9 Å². The molecule has 1 aliphatic carbocycles. The van der Waals surface area contributed by atoms with Crippen molar-refractivity contribution in [1.82, 2.24) is 9.62 Å². The first kappa shape index (κ1) is 15.7. The minimum absolute atomic E-state index is 0.0601. The molecular formula is C13H23FN2O3S. The Bertz CT molecular complexity index is 466. The maximum Gasteiger partial charge on any atom is 0.257 e. The Kier molecular flexibility index (Phi) is 4.39. The lowest BCUT2D eigenvalue weighted by molar-refractivity contribution is -0.135. The Hall–Kier alpha value is -0.690. The lowest BCUT2D eigenvalue weighted by Gasteiger charge is -2.35. The van der Waals surface area contributed by atoms with E-state index in [9.17, 15) is 17.6 Å². The van der Waals surface area contributed by atoms with E-state index < -0.39 is 26.8 Å². The van der Waals surface area contributed by atoms with Gasteiger partial charge in [0.1, 0.15) is 0 Å². The molecule has 0 aromatic rings. The van der Waals surface area contributed by atoms with Crippen molar-refractivity contribution in [3.05, 3.63) is 0 Å². The average molecular weight is 306 g/mol. The number of carbonyl (C=O) groups excluding carboxylic acids is 1. The molecule has 1 saturated heterocycles. The number of nitrogens with zero attached hydrogens (tertiary/aromatic N) is 1. The van der Waals surface area contributed by atoms with Gasteiger partial charge in [-0.15, -0.1) is 0 Å². The average Bonchev–Trinajstić information content (AvgIpc) is 3.20. The third kappa shape index (κ3) is 3.31. The van der Waals surface area contributed by atoms with Gasteiger partial charge in [-0.2, -0.15) is 0 Å². The van der Waals surface area contributed by atoms with E-state index in [4.69, 9.17) is 0 Å². The summed E-state index contributed by atoms with van der Waals surface area (Å²) in [6.07, 6.45) is 2.07. The summed E-state index contributed by atoms with van der Waals surface area (Å²) in [6.45, 7) is 3.91. The first-order chi connectivity index (χ1) is 9.25. The van der Waals surface area contributed by atoms with Crippen LogP contribution in [0.1, 0.15) is 39.5 Å². The van der Waals surface area contributed by atoms with Crippen LogP contribution in [0.15, 0.2) is 0 Å². The summed E-state index contributed by atoms with van der Waals surface area (Å²) in [5, 5.41) is 2.13. The Balaban J connectivity index is 1.90. The number of sulfonamides is 1. The number of halogens is 1. The largest absolute Gasteiger partial charge is 0.353 e. The van der Waals surface area contributed by atoms with Crippen molar-refractivity contribution in [1.29, 1.82) is 0 Å². The smallest absolute Gasteiger partial charge is 0.257 e.